The van der Waals surface area contributed by atoms with Crippen LogP contribution < -0.4 is 5.73 Å². The van der Waals surface area contributed by atoms with Gasteiger partial charge in [0.25, 0.3) is 0 Å². The molecule has 0 saturated carbocycles. The summed E-state index contributed by atoms with van der Waals surface area (Å²) in [5.74, 6) is -0.0293. The molecular formula is C11H10ClFN4. The first-order valence-corrected chi connectivity index (χ1v) is 5.41. The summed E-state index contributed by atoms with van der Waals surface area (Å²) in [5, 5.41) is 0. The third kappa shape index (κ3) is 2.62. The SMILES string of the molecule is NC(CCl)=Nc1ccc(-n2ccnc2)c(F)c1. The Kier molecular flexibility index (Phi) is 3.39. The largest absolute Gasteiger partial charge is 0.386 e. The molecule has 0 amide bonds. The number of hydrogen-bond acceptors (Lipinski definition) is 2. The molecular weight excluding hydrogens is 243 g/mol. The Hall–Kier alpha value is -1.88. The summed E-state index contributed by atoms with van der Waals surface area (Å²) in [4.78, 5) is 7.81. The predicted octanol–water partition coefficient (Wildman–Crippen LogP) is 2.24. The van der Waals surface area contributed by atoms with Crippen LogP contribution in [0, 0.1) is 5.82 Å². The summed E-state index contributed by atoms with van der Waals surface area (Å²) in [6.07, 6.45) is 4.76. The van der Waals surface area contributed by atoms with Crippen molar-refractivity contribution in [3.63, 3.8) is 0 Å². The molecule has 0 bridgehead atoms. The molecule has 1 aromatic carbocycles. The molecule has 1 heterocycles. The zero-order valence-corrected chi connectivity index (χ0v) is 9.60. The quantitative estimate of drug-likeness (QED) is 0.517. The average molecular weight is 253 g/mol. The van der Waals surface area contributed by atoms with Gasteiger partial charge in [-0.25, -0.2) is 14.4 Å². The number of hydrogen-bond donors (Lipinski definition) is 1. The van der Waals surface area contributed by atoms with E-state index in [0.717, 1.165) is 0 Å². The molecule has 6 heteroatoms. The number of aliphatic imine (C=N–C) groups is 1. The summed E-state index contributed by atoms with van der Waals surface area (Å²) in [7, 11) is 0. The summed E-state index contributed by atoms with van der Waals surface area (Å²) in [6, 6.07) is 4.57. The highest BCUT2D eigenvalue weighted by atomic mass is 35.5. The monoisotopic (exact) mass is 252 g/mol. The molecule has 88 valence electrons. The molecule has 17 heavy (non-hydrogen) atoms. The minimum Gasteiger partial charge on any atom is -0.386 e. The van der Waals surface area contributed by atoms with E-state index in [2.05, 4.69) is 9.98 Å². The fraction of sp³-hybridized carbons (Fsp3) is 0.0909. The Labute approximate surface area is 103 Å². The number of halogens is 2. The van der Waals surface area contributed by atoms with Crippen molar-refractivity contribution in [2.45, 2.75) is 0 Å². The molecule has 0 atom stereocenters. The van der Waals surface area contributed by atoms with Gasteiger partial charge in [0.2, 0.25) is 0 Å². The minimum absolute atomic E-state index is 0.116. The number of benzene rings is 1. The molecule has 0 saturated heterocycles. The van der Waals surface area contributed by atoms with Crippen molar-refractivity contribution in [1.82, 2.24) is 9.55 Å². The van der Waals surface area contributed by atoms with Gasteiger partial charge >= 0.3 is 0 Å². The molecule has 2 aromatic rings. The molecule has 0 unspecified atom stereocenters. The van der Waals surface area contributed by atoms with Crippen molar-refractivity contribution in [2.75, 3.05) is 5.88 Å². The van der Waals surface area contributed by atoms with Crippen LogP contribution in [0.2, 0.25) is 0 Å². The van der Waals surface area contributed by atoms with Crippen LogP contribution in [0.1, 0.15) is 0 Å². The van der Waals surface area contributed by atoms with Crippen LogP contribution in [0.3, 0.4) is 0 Å². The van der Waals surface area contributed by atoms with Gasteiger partial charge < -0.3 is 10.3 Å². The topological polar surface area (TPSA) is 56.2 Å². The summed E-state index contributed by atoms with van der Waals surface area (Å²) in [5.41, 5.74) is 6.31. The number of amidine groups is 1. The first-order chi connectivity index (χ1) is 8.20. The highest BCUT2D eigenvalue weighted by Crippen LogP contribution is 2.20. The highest BCUT2D eigenvalue weighted by molar-refractivity contribution is 6.28. The Morgan fingerprint density at radius 1 is 1.53 bits per heavy atom. The zero-order valence-electron chi connectivity index (χ0n) is 8.85. The molecule has 4 nitrogen and oxygen atoms in total. The predicted molar refractivity (Wildman–Crippen MR) is 65.5 cm³/mol. The molecule has 1 aromatic heterocycles. The van der Waals surface area contributed by atoms with Gasteiger partial charge in [0, 0.05) is 18.5 Å². The van der Waals surface area contributed by atoms with E-state index in [-0.39, 0.29) is 11.7 Å². The first-order valence-electron chi connectivity index (χ1n) is 4.87. The van der Waals surface area contributed by atoms with Crippen molar-refractivity contribution in [3.8, 4) is 5.69 Å². The normalized spacial score (nSPS) is 11.8. The van der Waals surface area contributed by atoms with Gasteiger partial charge in [0.05, 0.1) is 23.6 Å². The van der Waals surface area contributed by atoms with Crippen molar-refractivity contribution >= 4 is 23.1 Å². The van der Waals surface area contributed by atoms with Crippen LogP contribution in [-0.2, 0) is 0 Å². The van der Waals surface area contributed by atoms with Crippen molar-refractivity contribution < 1.29 is 4.39 Å². The van der Waals surface area contributed by atoms with E-state index >= 15 is 0 Å². The lowest BCUT2D eigenvalue weighted by Gasteiger charge is -2.04. The van der Waals surface area contributed by atoms with E-state index in [9.17, 15) is 4.39 Å². The van der Waals surface area contributed by atoms with Crippen LogP contribution in [0.5, 0.6) is 0 Å². The maximum Gasteiger partial charge on any atom is 0.149 e. The second kappa shape index (κ2) is 4.97. The van der Waals surface area contributed by atoms with Crippen LogP contribution >= 0.6 is 11.6 Å². The third-order valence-corrected chi connectivity index (χ3v) is 2.40. The van der Waals surface area contributed by atoms with Crippen molar-refractivity contribution in [2.24, 2.45) is 10.7 Å². The second-order valence-electron chi connectivity index (χ2n) is 3.34. The lowest BCUT2D eigenvalue weighted by atomic mass is 10.2. The Morgan fingerprint density at radius 3 is 2.94 bits per heavy atom. The van der Waals surface area contributed by atoms with Crippen molar-refractivity contribution in [1.29, 1.82) is 0 Å². The van der Waals surface area contributed by atoms with Crippen LogP contribution in [0.4, 0.5) is 10.1 Å². The Bertz CT molecular complexity index is 536. The zero-order chi connectivity index (χ0) is 12.3. The van der Waals surface area contributed by atoms with Crippen LogP contribution in [0.15, 0.2) is 41.9 Å². The van der Waals surface area contributed by atoms with Crippen LogP contribution in [0.25, 0.3) is 5.69 Å². The molecule has 0 aliphatic carbocycles. The van der Waals surface area contributed by atoms with Gasteiger partial charge in [-0.1, -0.05) is 0 Å². The smallest absolute Gasteiger partial charge is 0.149 e. The lowest BCUT2D eigenvalue weighted by Crippen LogP contribution is -2.12. The Morgan fingerprint density at radius 2 is 2.35 bits per heavy atom. The number of nitrogens with two attached hydrogens (primary N) is 1. The molecule has 0 fully saturated rings. The summed E-state index contributed by atoms with van der Waals surface area (Å²) >= 11 is 5.49. The number of nitrogens with zero attached hydrogens (tertiary/aromatic N) is 3. The maximum absolute atomic E-state index is 13.8. The fourth-order valence-corrected chi connectivity index (χ4v) is 1.43. The van der Waals surface area contributed by atoms with Gasteiger partial charge in [-0.3, -0.25) is 0 Å². The highest BCUT2D eigenvalue weighted by Gasteiger charge is 2.05. The average Bonchev–Trinajstić information content (AvgIpc) is 2.82. The standard InChI is InChI=1S/C11H10ClFN4/c12-6-11(14)16-8-1-2-10(9(13)5-8)17-4-3-15-7-17/h1-5,7H,6H2,(H2,14,16). The molecule has 2 N–H and O–H groups in total. The maximum atomic E-state index is 13.8. The molecule has 0 radical (unpaired) electrons. The van der Waals surface area contributed by atoms with Crippen LogP contribution in [-0.4, -0.2) is 21.3 Å². The molecule has 0 aliphatic rings. The van der Waals surface area contributed by atoms with E-state index in [4.69, 9.17) is 17.3 Å². The van der Waals surface area contributed by atoms with E-state index < -0.39 is 5.82 Å². The second-order valence-corrected chi connectivity index (χ2v) is 3.61. The fourth-order valence-electron chi connectivity index (χ4n) is 1.37. The third-order valence-electron chi connectivity index (χ3n) is 2.12. The molecule has 0 aliphatic heterocycles. The van der Waals surface area contributed by atoms with E-state index in [1.807, 2.05) is 0 Å². The summed E-state index contributed by atoms with van der Waals surface area (Å²) in [6.45, 7) is 0. The van der Waals surface area contributed by atoms with E-state index in [0.29, 0.717) is 11.4 Å². The first kappa shape index (κ1) is 11.6. The van der Waals surface area contributed by atoms with E-state index in [1.54, 1.807) is 29.1 Å². The van der Waals surface area contributed by atoms with Gasteiger partial charge in [-0.15, -0.1) is 11.6 Å². The van der Waals surface area contributed by atoms with Gasteiger partial charge in [-0.2, -0.15) is 0 Å². The minimum atomic E-state index is -0.397. The number of rotatable bonds is 3. The summed E-state index contributed by atoms with van der Waals surface area (Å²) < 4.78 is 15.4. The number of alkyl halides is 1. The number of imidazole rings is 1. The van der Waals surface area contributed by atoms with Gasteiger partial charge in [0.1, 0.15) is 11.7 Å². The number of aromatic nitrogens is 2. The van der Waals surface area contributed by atoms with Gasteiger partial charge in [-0.05, 0) is 12.1 Å². The van der Waals surface area contributed by atoms with Gasteiger partial charge in [0.15, 0.2) is 0 Å². The molecule has 0 spiro atoms. The lowest BCUT2D eigenvalue weighted by molar-refractivity contribution is 0.618. The van der Waals surface area contributed by atoms with Crippen molar-refractivity contribution in [3.05, 3.63) is 42.7 Å². The Balaban J connectivity index is 2.36. The van der Waals surface area contributed by atoms with E-state index in [1.165, 1.54) is 12.4 Å². The molecule has 2 rings (SSSR count).